The van der Waals surface area contributed by atoms with Gasteiger partial charge in [-0.05, 0) is 19.1 Å². The SMILES string of the molecule is CCN(C(=O)Nc1ccc(OC)c(OC)c1)c1nc(-c2ccccc2)cs1. The molecule has 1 aromatic heterocycles. The highest BCUT2D eigenvalue weighted by atomic mass is 32.1. The summed E-state index contributed by atoms with van der Waals surface area (Å²) < 4.78 is 10.5. The quantitative estimate of drug-likeness (QED) is 0.658. The summed E-state index contributed by atoms with van der Waals surface area (Å²) in [4.78, 5) is 19.0. The van der Waals surface area contributed by atoms with Crippen LogP contribution in [0.1, 0.15) is 6.92 Å². The molecular weight excluding hydrogens is 362 g/mol. The molecule has 0 spiro atoms. The predicted octanol–water partition coefficient (Wildman–Crippen LogP) is 4.89. The molecule has 0 radical (unpaired) electrons. The Bertz CT molecular complexity index is 912. The summed E-state index contributed by atoms with van der Waals surface area (Å²) in [6.07, 6.45) is 0. The van der Waals surface area contributed by atoms with E-state index < -0.39 is 0 Å². The molecule has 6 nitrogen and oxygen atoms in total. The van der Waals surface area contributed by atoms with Gasteiger partial charge in [0.2, 0.25) is 0 Å². The van der Waals surface area contributed by atoms with Gasteiger partial charge in [-0.2, -0.15) is 0 Å². The Hall–Kier alpha value is -3.06. The molecule has 0 fully saturated rings. The summed E-state index contributed by atoms with van der Waals surface area (Å²) in [5.41, 5.74) is 2.50. The highest BCUT2D eigenvalue weighted by Crippen LogP contribution is 2.31. The number of anilines is 2. The van der Waals surface area contributed by atoms with Crippen LogP contribution in [0.2, 0.25) is 0 Å². The Balaban J connectivity index is 1.78. The smallest absolute Gasteiger partial charge is 0.328 e. The van der Waals surface area contributed by atoms with Gasteiger partial charge in [-0.25, -0.2) is 9.78 Å². The molecule has 27 heavy (non-hydrogen) atoms. The summed E-state index contributed by atoms with van der Waals surface area (Å²) >= 11 is 1.44. The van der Waals surface area contributed by atoms with Crippen LogP contribution in [0, 0.1) is 0 Å². The first-order valence-corrected chi connectivity index (χ1v) is 9.35. The molecule has 2 aromatic carbocycles. The maximum atomic E-state index is 12.8. The zero-order valence-electron chi connectivity index (χ0n) is 15.4. The van der Waals surface area contributed by atoms with E-state index in [0.29, 0.717) is 28.9 Å². The van der Waals surface area contributed by atoms with Gasteiger partial charge in [0, 0.05) is 29.2 Å². The predicted molar refractivity (Wildman–Crippen MR) is 109 cm³/mol. The minimum Gasteiger partial charge on any atom is -0.493 e. The van der Waals surface area contributed by atoms with Crippen LogP contribution in [0.3, 0.4) is 0 Å². The number of carbonyl (C=O) groups is 1. The Labute approximate surface area is 162 Å². The van der Waals surface area contributed by atoms with Crippen molar-refractivity contribution in [1.82, 2.24) is 4.98 Å². The van der Waals surface area contributed by atoms with E-state index in [2.05, 4.69) is 10.3 Å². The molecule has 0 aliphatic heterocycles. The van der Waals surface area contributed by atoms with Gasteiger partial charge in [-0.3, -0.25) is 4.90 Å². The highest BCUT2D eigenvalue weighted by molar-refractivity contribution is 7.14. The molecule has 0 aliphatic carbocycles. The van der Waals surface area contributed by atoms with E-state index in [-0.39, 0.29) is 6.03 Å². The molecule has 2 amide bonds. The number of thiazole rings is 1. The first-order valence-electron chi connectivity index (χ1n) is 8.47. The van der Waals surface area contributed by atoms with Crippen LogP contribution in [0.4, 0.5) is 15.6 Å². The summed E-state index contributed by atoms with van der Waals surface area (Å²) in [5, 5.41) is 5.49. The Morgan fingerprint density at radius 3 is 2.52 bits per heavy atom. The van der Waals surface area contributed by atoms with Gasteiger partial charge in [0.15, 0.2) is 16.6 Å². The van der Waals surface area contributed by atoms with Crippen LogP contribution in [-0.4, -0.2) is 31.8 Å². The van der Waals surface area contributed by atoms with Crippen molar-refractivity contribution in [3.8, 4) is 22.8 Å². The van der Waals surface area contributed by atoms with Crippen molar-refractivity contribution in [2.24, 2.45) is 0 Å². The number of nitrogens with one attached hydrogen (secondary N) is 1. The lowest BCUT2D eigenvalue weighted by atomic mass is 10.2. The Morgan fingerprint density at radius 2 is 1.85 bits per heavy atom. The van der Waals surface area contributed by atoms with Crippen molar-refractivity contribution in [1.29, 1.82) is 0 Å². The lowest BCUT2D eigenvalue weighted by Gasteiger charge is -2.19. The third-order valence-corrected chi connectivity index (χ3v) is 4.85. The van der Waals surface area contributed by atoms with E-state index in [1.54, 1.807) is 37.3 Å². The zero-order chi connectivity index (χ0) is 19.2. The van der Waals surface area contributed by atoms with Crippen molar-refractivity contribution in [2.75, 3.05) is 31.0 Å². The van der Waals surface area contributed by atoms with Crippen molar-refractivity contribution < 1.29 is 14.3 Å². The number of urea groups is 1. The normalized spacial score (nSPS) is 10.3. The molecule has 0 aliphatic rings. The first-order chi connectivity index (χ1) is 13.2. The van der Waals surface area contributed by atoms with Crippen LogP contribution in [0.5, 0.6) is 11.5 Å². The number of rotatable bonds is 6. The highest BCUT2D eigenvalue weighted by Gasteiger charge is 2.18. The lowest BCUT2D eigenvalue weighted by Crippen LogP contribution is -2.34. The molecule has 3 aromatic rings. The fourth-order valence-electron chi connectivity index (χ4n) is 2.60. The molecule has 0 saturated heterocycles. The minimum absolute atomic E-state index is 0.251. The van der Waals surface area contributed by atoms with Gasteiger partial charge >= 0.3 is 6.03 Å². The van der Waals surface area contributed by atoms with E-state index >= 15 is 0 Å². The van der Waals surface area contributed by atoms with E-state index in [9.17, 15) is 4.79 Å². The number of amides is 2. The average Bonchev–Trinajstić information content (AvgIpc) is 3.19. The van der Waals surface area contributed by atoms with Gasteiger partial charge in [-0.15, -0.1) is 11.3 Å². The van der Waals surface area contributed by atoms with Gasteiger partial charge in [0.25, 0.3) is 0 Å². The maximum Gasteiger partial charge on any atom is 0.328 e. The van der Waals surface area contributed by atoms with Gasteiger partial charge in [0.1, 0.15) is 0 Å². The van der Waals surface area contributed by atoms with Gasteiger partial charge in [-0.1, -0.05) is 30.3 Å². The number of hydrogen-bond acceptors (Lipinski definition) is 5. The zero-order valence-corrected chi connectivity index (χ0v) is 16.2. The van der Waals surface area contributed by atoms with E-state index in [4.69, 9.17) is 9.47 Å². The van der Waals surface area contributed by atoms with Crippen LogP contribution < -0.4 is 19.7 Å². The molecule has 1 N–H and O–H groups in total. The molecule has 7 heteroatoms. The number of ether oxygens (including phenoxy) is 2. The number of carbonyl (C=O) groups excluding carboxylic acids is 1. The molecule has 3 rings (SSSR count). The first kappa shape index (κ1) is 18.7. The summed E-state index contributed by atoms with van der Waals surface area (Å²) in [7, 11) is 3.13. The second-order valence-electron chi connectivity index (χ2n) is 5.63. The minimum atomic E-state index is -0.251. The fraction of sp³-hybridized carbons (Fsp3) is 0.200. The van der Waals surface area contributed by atoms with Crippen molar-refractivity contribution in [2.45, 2.75) is 6.92 Å². The summed E-state index contributed by atoms with van der Waals surface area (Å²) in [5.74, 6) is 1.16. The molecular formula is C20H21N3O3S. The average molecular weight is 383 g/mol. The van der Waals surface area contributed by atoms with E-state index in [1.165, 1.54) is 11.3 Å². The molecule has 140 valence electrons. The van der Waals surface area contributed by atoms with Crippen molar-refractivity contribution in [3.05, 3.63) is 53.9 Å². The molecule has 0 bridgehead atoms. The topological polar surface area (TPSA) is 63.7 Å². The second-order valence-corrected chi connectivity index (χ2v) is 6.46. The number of nitrogens with zero attached hydrogens (tertiary/aromatic N) is 2. The summed E-state index contributed by atoms with van der Waals surface area (Å²) in [6.45, 7) is 2.42. The Kier molecular flexibility index (Phi) is 5.93. The molecule has 1 heterocycles. The monoisotopic (exact) mass is 383 g/mol. The lowest BCUT2D eigenvalue weighted by molar-refractivity contribution is 0.257. The fourth-order valence-corrected chi connectivity index (χ4v) is 3.50. The molecule has 0 unspecified atom stereocenters. The van der Waals surface area contributed by atoms with Crippen LogP contribution in [-0.2, 0) is 0 Å². The van der Waals surface area contributed by atoms with Crippen molar-refractivity contribution in [3.63, 3.8) is 0 Å². The van der Waals surface area contributed by atoms with Crippen LogP contribution in [0.15, 0.2) is 53.9 Å². The van der Waals surface area contributed by atoms with E-state index in [1.807, 2.05) is 42.6 Å². The van der Waals surface area contributed by atoms with Crippen molar-refractivity contribution >= 4 is 28.2 Å². The standard InChI is InChI=1S/C20H21N3O3S/c1-4-23(20-22-16(13-27-20)14-8-6-5-7-9-14)19(24)21-15-10-11-17(25-2)18(12-15)26-3/h5-13H,4H2,1-3H3,(H,21,24). The largest absolute Gasteiger partial charge is 0.493 e. The Morgan fingerprint density at radius 1 is 1.11 bits per heavy atom. The number of benzene rings is 2. The van der Waals surface area contributed by atoms with Gasteiger partial charge < -0.3 is 14.8 Å². The third-order valence-electron chi connectivity index (χ3n) is 3.99. The van der Waals surface area contributed by atoms with E-state index in [0.717, 1.165) is 11.3 Å². The third kappa shape index (κ3) is 4.20. The molecule has 0 atom stereocenters. The summed E-state index contributed by atoms with van der Waals surface area (Å²) in [6, 6.07) is 14.9. The second kappa shape index (κ2) is 8.55. The van der Waals surface area contributed by atoms with Gasteiger partial charge in [0.05, 0.1) is 19.9 Å². The van der Waals surface area contributed by atoms with Crippen LogP contribution in [0.25, 0.3) is 11.3 Å². The number of methoxy groups -OCH3 is 2. The number of hydrogen-bond donors (Lipinski definition) is 1. The molecule has 0 saturated carbocycles. The maximum absolute atomic E-state index is 12.8. The van der Waals surface area contributed by atoms with Crippen LogP contribution >= 0.6 is 11.3 Å². The number of aromatic nitrogens is 1.